The minimum absolute atomic E-state index is 0.155. The van der Waals surface area contributed by atoms with Gasteiger partial charge in [0.25, 0.3) is 0 Å². The normalized spacial score (nSPS) is 16.6. The molecule has 0 bridgehead atoms. The van der Waals surface area contributed by atoms with Crippen LogP contribution in [0.1, 0.15) is 11.1 Å². The zero-order valence-electron chi connectivity index (χ0n) is 13.9. The Hall–Kier alpha value is -2.89. The fraction of sp³-hybridized carbons (Fsp3) is 0.263. The number of halogens is 1. The summed E-state index contributed by atoms with van der Waals surface area (Å²) in [4.78, 5) is 25.5. The minimum atomic E-state index is -0.415. The van der Waals surface area contributed by atoms with Crippen LogP contribution in [0.25, 0.3) is 0 Å². The van der Waals surface area contributed by atoms with Crippen LogP contribution in [0.2, 0.25) is 0 Å². The van der Waals surface area contributed by atoms with Gasteiger partial charge in [0.05, 0.1) is 19.5 Å². The lowest BCUT2D eigenvalue weighted by atomic mass is 10.1. The van der Waals surface area contributed by atoms with Crippen molar-refractivity contribution in [3.63, 3.8) is 0 Å². The lowest BCUT2D eigenvalue weighted by molar-refractivity contribution is -0.120. The number of anilines is 1. The maximum Gasteiger partial charge on any atom is 0.414 e. The topological polar surface area (TPSA) is 58.6 Å². The van der Waals surface area contributed by atoms with Crippen LogP contribution >= 0.6 is 0 Å². The molecule has 0 aromatic heterocycles. The molecule has 0 radical (unpaired) electrons. The van der Waals surface area contributed by atoms with Gasteiger partial charge in [-0.3, -0.25) is 9.69 Å². The summed E-state index contributed by atoms with van der Waals surface area (Å²) in [5.41, 5.74) is 2.61. The molecule has 6 heteroatoms. The van der Waals surface area contributed by atoms with Gasteiger partial charge in [0.2, 0.25) is 5.91 Å². The molecular weight excluding hydrogens is 323 g/mol. The molecule has 1 aliphatic heterocycles. The Morgan fingerprint density at radius 3 is 2.56 bits per heavy atom. The highest BCUT2D eigenvalue weighted by Gasteiger charge is 2.32. The quantitative estimate of drug-likeness (QED) is 0.909. The van der Waals surface area contributed by atoms with Gasteiger partial charge in [-0.15, -0.1) is 0 Å². The highest BCUT2D eigenvalue weighted by Crippen LogP contribution is 2.21. The lowest BCUT2D eigenvalue weighted by Gasteiger charge is -2.13. The largest absolute Gasteiger partial charge is 0.442 e. The summed E-state index contributed by atoms with van der Waals surface area (Å²) >= 11 is 0. The van der Waals surface area contributed by atoms with Crippen LogP contribution in [0.5, 0.6) is 0 Å². The molecule has 1 unspecified atom stereocenters. The number of hydrogen-bond donors (Lipinski definition) is 1. The van der Waals surface area contributed by atoms with E-state index >= 15 is 0 Å². The molecule has 1 heterocycles. The molecule has 3 rings (SSSR count). The fourth-order valence-corrected chi connectivity index (χ4v) is 2.64. The van der Waals surface area contributed by atoms with Crippen LogP contribution in [0.3, 0.4) is 0 Å². The molecule has 1 fully saturated rings. The predicted molar refractivity (Wildman–Crippen MR) is 91.9 cm³/mol. The lowest BCUT2D eigenvalue weighted by Crippen LogP contribution is -2.35. The highest BCUT2D eigenvalue weighted by atomic mass is 19.1. The molecule has 2 aromatic carbocycles. The monoisotopic (exact) mass is 342 g/mol. The van der Waals surface area contributed by atoms with Crippen LogP contribution in [-0.2, 0) is 16.0 Å². The first-order chi connectivity index (χ1) is 12.0. The average molecular weight is 342 g/mol. The van der Waals surface area contributed by atoms with Gasteiger partial charge in [0.1, 0.15) is 11.9 Å². The summed E-state index contributed by atoms with van der Waals surface area (Å²) in [7, 11) is 0. The van der Waals surface area contributed by atoms with Crippen LogP contribution in [0.15, 0.2) is 48.5 Å². The minimum Gasteiger partial charge on any atom is -0.442 e. The number of carbonyl (C=O) groups is 2. The van der Waals surface area contributed by atoms with Crippen molar-refractivity contribution in [3.05, 3.63) is 65.5 Å². The van der Waals surface area contributed by atoms with Crippen molar-refractivity contribution in [2.24, 2.45) is 0 Å². The zero-order valence-corrected chi connectivity index (χ0v) is 13.9. The summed E-state index contributed by atoms with van der Waals surface area (Å²) < 4.78 is 18.2. The second-order valence-electron chi connectivity index (χ2n) is 6.06. The number of hydrogen-bond acceptors (Lipinski definition) is 3. The number of rotatable bonds is 5. The van der Waals surface area contributed by atoms with E-state index in [0.29, 0.717) is 6.54 Å². The van der Waals surface area contributed by atoms with Gasteiger partial charge in [-0.1, -0.05) is 29.8 Å². The zero-order chi connectivity index (χ0) is 17.8. The van der Waals surface area contributed by atoms with E-state index in [2.05, 4.69) is 5.32 Å². The van der Waals surface area contributed by atoms with Crippen LogP contribution in [0.4, 0.5) is 14.9 Å². The van der Waals surface area contributed by atoms with Crippen molar-refractivity contribution in [1.29, 1.82) is 0 Å². The van der Waals surface area contributed by atoms with Gasteiger partial charge >= 0.3 is 6.09 Å². The van der Waals surface area contributed by atoms with Crippen molar-refractivity contribution in [3.8, 4) is 0 Å². The fourth-order valence-electron chi connectivity index (χ4n) is 2.64. The van der Waals surface area contributed by atoms with E-state index in [-0.39, 0.29) is 24.7 Å². The van der Waals surface area contributed by atoms with Gasteiger partial charge in [-0.2, -0.15) is 0 Å². The average Bonchev–Trinajstić information content (AvgIpc) is 2.97. The number of ether oxygens (including phenoxy) is 1. The maximum absolute atomic E-state index is 12.9. The van der Waals surface area contributed by atoms with Crippen molar-refractivity contribution in [2.45, 2.75) is 19.4 Å². The highest BCUT2D eigenvalue weighted by molar-refractivity contribution is 5.89. The number of aryl methyl sites for hydroxylation is 1. The molecule has 2 amide bonds. The second-order valence-corrected chi connectivity index (χ2v) is 6.06. The second kappa shape index (κ2) is 7.34. The smallest absolute Gasteiger partial charge is 0.414 e. The molecule has 1 aliphatic rings. The van der Waals surface area contributed by atoms with E-state index in [1.165, 1.54) is 12.1 Å². The maximum atomic E-state index is 12.9. The molecule has 1 saturated heterocycles. The summed E-state index contributed by atoms with van der Waals surface area (Å²) in [6.07, 6.45) is -0.657. The Labute approximate surface area is 145 Å². The summed E-state index contributed by atoms with van der Waals surface area (Å²) in [6.45, 7) is 2.61. The van der Waals surface area contributed by atoms with E-state index in [1.54, 1.807) is 17.0 Å². The molecule has 2 aromatic rings. The van der Waals surface area contributed by atoms with Gasteiger partial charge in [-0.25, -0.2) is 9.18 Å². The number of carbonyl (C=O) groups excluding carboxylic acids is 2. The molecule has 130 valence electrons. The first kappa shape index (κ1) is 17.0. The molecule has 0 saturated carbocycles. The van der Waals surface area contributed by atoms with E-state index in [4.69, 9.17) is 4.74 Å². The molecule has 1 N–H and O–H groups in total. The van der Waals surface area contributed by atoms with E-state index < -0.39 is 12.2 Å². The van der Waals surface area contributed by atoms with E-state index in [9.17, 15) is 14.0 Å². The van der Waals surface area contributed by atoms with E-state index in [1.807, 2.05) is 31.2 Å². The first-order valence-electron chi connectivity index (χ1n) is 8.07. The van der Waals surface area contributed by atoms with Crippen molar-refractivity contribution >= 4 is 17.7 Å². The van der Waals surface area contributed by atoms with Crippen molar-refractivity contribution < 1.29 is 18.7 Å². The Kier molecular flexibility index (Phi) is 4.97. The van der Waals surface area contributed by atoms with Gasteiger partial charge in [0, 0.05) is 5.69 Å². The summed E-state index contributed by atoms with van der Waals surface area (Å²) in [5.74, 6) is -0.533. The molecule has 0 spiro atoms. The summed E-state index contributed by atoms with van der Waals surface area (Å²) in [5, 5.41) is 2.75. The number of nitrogens with zero attached hydrogens (tertiary/aromatic N) is 1. The van der Waals surface area contributed by atoms with Crippen LogP contribution in [-0.4, -0.2) is 31.2 Å². The van der Waals surface area contributed by atoms with Crippen molar-refractivity contribution in [2.75, 3.05) is 18.0 Å². The van der Waals surface area contributed by atoms with Gasteiger partial charge < -0.3 is 10.1 Å². The van der Waals surface area contributed by atoms with Crippen LogP contribution in [0, 0.1) is 12.7 Å². The Morgan fingerprint density at radius 2 is 1.88 bits per heavy atom. The Bertz CT molecular complexity index is 759. The van der Waals surface area contributed by atoms with Crippen molar-refractivity contribution in [1.82, 2.24) is 5.32 Å². The Morgan fingerprint density at radius 1 is 1.20 bits per heavy atom. The predicted octanol–water partition coefficient (Wildman–Crippen LogP) is 2.82. The number of cyclic esters (lactones) is 1. The SMILES string of the molecule is Cc1ccc(N2CC(CNC(=O)Cc3ccc(F)cc3)OC2=O)cc1. The number of benzene rings is 2. The van der Waals surface area contributed by atoms with E-state index in [0.717, 1.165) is 16.8 Å². The Balaban J connectivity index is 1.50. The third-order valence-corrected chi connectivity index (χ3v) is 4.02. The molecule has 5 nitrogen and oxygen atoms in total. The molecular formula is C19H19FN2O3. The molecule has 1 atom stereocenters. The first-order valence-corrected chi connectivity index (χ1v) is 8.07. The third kappa shape index (κ3) is 4.35. The molecule has 0 aliphatic carbocycles. The number of amides is 2. The standard InChI is InChI=1S/C19H19FN2O3/c1-13-2-8-16(9-3-13)22-12-17(25-19(22)24)11-21-18(23)10-14-4-6-15(20)7-5-14/h2-9,17H,10-12H2,1H3,(H,21,23). The summed E-state index contributed by atoms with van der Waals surface area (Å²) in [6, 6.07) is 13.4. The van der Waals surface area contributed by atoms with Crippen LogP contribution < -0.4 is 10.2 Å². The van der Waals surface area contributed by atoms with Gasteiger partial charge in [-0.05, 0) is 36.8 Å². The molecule has 25 heavy (non-hydrogen) atoms. The number of nitrogens with one attached hydrogen (secondary N) is 1. The van der Waals surface area contributed by atoms with Gasteiger partial charge in [0.15, 0.2) is 0 Å². The third-order valence-electron chi connectivity index (χ3n) is 4.02.